The van der Waals surface area contributed by atoms with Gasteiger partial charge in [0.1, 0.15) is 17.3 Å². The number of hydrogen-bond acceptors (Lipinski definition) is 2. The molecule has 0 aliphatic heterocycles. The molecule has 5 heteroatoms. The van der Waals surface area contributed by atoms with Crippen molar-refractivity contribution in [2.75, 3.05) is 5.32 Å². The molecule has 22 heavy (non-hydrogen) atoms. The maximum absolute atomic E-state index is 13.1. The fourth-order valence-corrected chi connectivity index (χ4v) is 2.34. The third kappa shape index (κ3) is 3.43. The molecule has 0 aliphatic carbocycles. The molecular weight excluding hydrogens is 324 g/mol. The lowest BCUT2D eigenvalue weighted by molar-refractivity contribution is 0.531. The molecule has 0 saturated carbocycles. The van der Waals surface area contributed by atoms with Gasteiger partial charge in [-0.3, -0.25) is 0 Å². The van der Waals surface area contributed by atoms with E-state index in [1.165, 1.54) is 6.07 Å². The lowest BCUT2D eigenvalue weighted by Gasteiger charge is -2.05. The molecule has 2 aromatic carbocycles. The van der Waals surface area contributed by atoms with Crippen molar-refractivity contribution >= 4 is 28.9 Å². The summed E-state index contributed by atoms with van der Waals surface area (Å²) >= 11 is 11.6. The van der Waals surface area contributed by atoms with Crippen LogP contribution in [-0.2, 0) is 6.54 Å². The smallest absolute Gasteiger partial charge is 0.141 e. The summed E-state index contributed by atoms with van der Waals surface area (Å²) in [5, 5.41) is 3.91. The number of benzene rings is 2. The molecule has 0 atom stereocenters. The van der Waals surface area contributed by atoms with E-state index in [-0.39, 0.29) is 5.02 Å². The first-order valence-electron chi connectivity index (χ1n) is 6.65. The molecule has 0 aliphatic rings. The second-order valence-electron chi connectivity index (χ2n) is 4.76. The van der Waals surface area contributed by atoms with E-state index in [2.05, 4.69) is 5.32 Å². The van der Waals surface area contributed by atoms with E-state index < -0.39 is 5.82 Å². The van der Waals surface area contributed by atoms with Crippen molar-refractivity contribution in [1.29, 1.82) is 0 Å². The van der Waals surface area contributed by atoms with Crippen LogP contribution in [0, 0.1) is 5.82 Å². The second kappa shape index (κ2) is 6.42. The Kier molecular flexibility index (Phi) is 4.36. The van der Waals surface area contributed by atoms with Crippen molar-refractivity contribution in [3.8, 4) is 11.3 Å². The van der Waals surface area contributed by atoms with Gasteiger partial charge >= 0.3 is 0 Å². The van der Waals surface area contributed by atoms with Gasteiger partial charge in [-0.2, -0.15) is 0 Å². The van der Waals surface area contributed by atoms with Gasteiger partial charge in [-0.1, -0.05) is 23.2 Å². The van der Waals surface area contributed by atoms with Crippen molar-refractivity contribution in [3.05, 3.63) is 76.2 Å². The van der Waals surface area contributed by atoms with E-state index in [0.717, 1.165) is 22.8 Å². The van der Waals surface area contributed by atoms with Gasteiger partial charge in [-0.05, 0) is 54.6 Å². The lowest BCUT2D eigenvalue weighted by atomic mass is 10.2. The number of nitrogens with one attached hydrogen (secondary N) is 1. The lowest BCUT2D eigenvalue weighted by Crippen LogP contribution is -1.98. The van der Waals surface area contributed by atoms with E-state index in [1.54, 1.807) is 12.1 Å². The van der Waals surface area contributed by atoms with Crippen LogP contribution < -0.4 is 5.32 Å². The molecule has 1 N–H and O–H groups in total. The highest BCUT2D eigenvalue weighted by Crippen LogP contribution is 2.25. The molecule has 3 aromatic rings. The highest BCUT2D eigenvalue weighted by Gasteiger charge is 2.06. The summed E-state index contributed by atoms with van der Waals surface area (Å²) in [6, 6.07) is 15.7. The van der Waals surface area contributed by atoms with E-state index in [4.69, 9.17) is 27.6 Å². The highest BCUT2D eigenvalue weighted by molar-refractivity contribution is 6.31. The molecule has 0 amide bonds. The van der Waals surface area contributed by atoms with E-state index in [0.29, 0.717) is 11.6 Å². The Bertz CT molecular complexity index is 784. The summed E-state index contributed by atoms with van der Waals surface area (Å²) in [6.45, 7) is 0.482. The van der Waals surface area contributed by atoms with Crippen molar-refractivity contribution in [2.24, 2.45) is 0 Å². The van der Waals surface area contributed by atoms with Crippen LogP contribution in [0.2, 0.25) is 10.0 Å². The van der Waals surface area contributed by atoms with Crippen LogP contribution in [0.5, 0.6) is 0 Å². The van der Waals surface area contributed by atoms with Gasteiger partial charge in [-0.25, -0.2) is 4.39 Å². The zero-order valence-corrected chi connectivity index (χ0v) is 13.0. The van der Waals surface area contributed by atoms with Gasteiger partial charge in [0.2, 0.25) is 0 Å². The highest BCUT2D eigenvalue weighted by atomic mass is 35.5. The fourth-order valence-electron chi connectivity index (χ4n) is 2.04. The Labute approximate surface area is 137 Å². The van der Waals surface area contributed by atoms with Crippen LogP contribution in [-0.4, -0.2) is 0 Å². The van der Waals surface area contributed by atoms with Gasteiger partial charge < -0.3 is 9.73 Å². The van der Waals surface area contributed by atoms with E-state index >= 15 is 0 Å². The molecule has 1 aromatic heterocycles. The quantitative estimate of drug-likeness (QED) is 0.632. The first kappa shape index (κ1) is 14.9. The monoisotopic (exact) mass is 335 g/mol. The summed E-state index contributed by atoms with van der Waals surface area (Å²) in [4.78, 5) is 0. The van der Waals surface area contributed by atoms with Crippen LogP contribution in [0.3, 0.4) is 0 Å². The minimum Gasteiger partial charge on any atom is -0.459 e. The van der Waals surface area contributed by atoms with Gasteiger partial charge in [0.15, 0.2) is 0 Å². The second-order valence-corrected chi connectivity index (χ2v) is 5.60. The molecule has 0 spiro atoms. The number of rotatable bonds is 4. The first-order valence-corrected chi connectivity index (χ1v) is 7.41. The number of furan rings is 1. The molecule has 0 bridgehead atoms. The van der Waals surface area contributed by atoms with Crippen LogP contribution in [0.4, 0.5) is 10.1 Å². The molecule has 0 saturated heterocycles. The van der Waals surface area contributed by atoms with E-state index in [9.17, 15) is 4.39 Å². The van der Waals surface area contributed by atoms with Crippen molar-refractivity contribution < 1.29 is 8.81 Å². The number of hydrogen-bond donors (Lipinski definition) is 1. The topological polar surface area (TPSA) is 25.2 Å². The summed E-state index contributed by atoms with van der Waals surface area (Å²) in [6.07, 6.45) is 0. The molecule has 3 rings (SSSR count). The third-order valence-electron chi connectivity index (χ3n) is 3.18. The SMILES string of the molecule is Fc1ccc(NCc2ccc(-c3ccc(Cl)cc3)o2)cc1Cl. The van der Waals surface area contributed by atoms with E-state index in [1.807, 2.05) is 36.4 Å². The average molecular weight is 336 g/mol. The molecule has 1 heterocycles. The minimum absolute atomic E-state index is 0.0892. The van der Waals surface area contributed by atoms with Gasteiger partial charge in [0.25, 0.3) is 0 Å². The van der Waals surface area contributed by atoms with Crippen molar-refractivity contribution in [1.82, 2.24) is 0 Å². The molecule has 0 radical (unpaired) electrons. The predicted octanol–water partition coefficient (Wildman–Crippen LogP) is 6.00. The average Bonchev–Trinajstić information content (AvgIpc) is 2.98. The molecule has 112 valence electrons. The van der Waals surface area contributed by atoms with Gasteiger partial charge in [-0.15, -0.1) is 0 Å². The Morgan fingerprint density at radius 2 is 1.73 bits per heavy atom. The summed E-state index contributed by atoms with van der Waals surface area (Å²) in [5.74, 6) is 1.10. The van der Waals surface area contributed by atoms with Crippen LogP contribution >= 0.6 is 23.2 Å². The zero-order valence-electron chi connectivity index (χ0n) is 11.4. The minimum atomic E-state index is -0.435. The Hall–Kier alpha value is -1.97. The maximum Gasteiger partial charge on any atom is 0.141 e. The van der Waals surface area contributed by atoms with Crippen molar-refractivity contribution in [2.45, 2.75) is 6.54 Å². The summed E-state index contributed by atoms with van der Waals surface area (Å²) in [5.41, 5.74) is 1.69. The van der Waals surface area contributed by atoms with Gasteiger partial charge in [0, 0.05) is 16.3 Å². The summed E-state index contributed by atoms with van der Waals surface area (Å²) < 4.78 is 18.9. The summed E-state index contributed by atoms with van der Waals surface area (Å²) in [7, 11) is 0. The van der Waals surface area contributed by atoms with Crippen LogP contribution in [0.1, 0.15) is 5.76 Å². The first-order chi connectivity index (χ1) is 10.6. The standard InChI is InChI=1S/C17H12Cl2FNO/c18-12-3-1-11(2-4-12)17-8-6-14(22-17)10-21-13-5-7-16(20)15(19)9-13/h1-9,21H,10H2. The Balaban J connectivity index is 1.69. The molecular formula is C17H12Cl2FNO. The number of halogens is 3. The molecule has 2 nitrogen and oxygen atoms in total. The third-order valence-corrected chi connectivity index (χ3v) is 3.72. The van der Waals surface area contributed by atoms with Crippen LogP contribution in [0.25, 0.3) is 11.3 Å². The molecule has 0 fully saturated rings. The Morgan fingerprint density at radius 3 is 2.45 bits per heavy atom. The maximum atomic E-state index is 13.1. The largest absolute Gasteiger partial charge is 0.459 e. The predicted molar refractivity (Wildman–Crippen MR) is 87.9 cm³/mol. The van der Waals surface area contributed by atoms with Crippen molar-refractivity contribution in [3.63, 3.8) is 0 Å². The molecule has 0 unspecified atom stereocenters. The normalized spacial score (nSPS) is 10.7. The van der Waals surface area contributed by atoms with Crippen LogP contribution in [0.15, 0.2) is 59.0 Å². The fraction of sp³-hybridized carbons (Fsp3) is 0.0588. The zero-order chi connectivity index (χ0) is 15.5. The Morgan fingerprint density at radius 1 is 0.955 bits per heavy atom. The van der Waals surface area contributed by atoms with Gasteiger partial charge in [0.05, 0.1) is 11.6 Å². The number of anilines is 1.